The number of nitrogens with one attached hydrogen (secondary N) is 2. The number of anilines is 2. The smallest absolute Gasteiger partial charge is 0.418 e. The zero-order valence-corrected chi connectivity index (χ0v) is 27.4. The summed E-state index contributed by atoms with van der Waals surface area (Å²) in [6.07, 6.45) is -4.19. The first-order valence-electron chi connectivity index (χ1n) is 15.6. The number of hydrogen-bond acceptors (Lipinski definition) is 8. The Bertz CT molecular complexity index is 2050. The number of para-hydroxylation sites is 2. The number of imide groups is 1. The van der Waals surface area contributed by atoms with Crippen molar-refractivity contribution in [3.05, 3.63) is 98.5 Å². The zero-order valence-electron chi connectivity index (χ0n) is 25.7. The summed E-state index contributed by atoms with van der Waals surface area (Å²) in [6.45, 7) is -0.299. The Balaban J connectivity index is 1.12. The largest absolute Gasteiger partial charge is 0.497 e. The van der Waals surface area contributed by atoms with Crippen molar-refractivity contribution >= 4 is 52.2 Å². The van der Waals surface area contributed by atoms with Crippen LogP contribution < -0.4 is 24.6 Å². The third-order valence-electron chi connectivity index (χ3n) is 10.2. The number of thiazole rings is 1. The molecule has 3 amide bonds. The van der Waals surface area contributed by atoms with Crippen LogP contribution in [0.2, 0.25) is 0 Å². The number of nitrogens with zero attached hydrogens (tertiary/aromatic N) is 1. The van der Waals surface area contributed by atoms with E-state index in [2.05, 4.69) is 10.3 Å². The van der Waals surface area contributed by atoms with Gasteiger partial charge in [0, 0.05) is 27.3 Å². The van der Waals surface area contributed by atoms with Crippen LogP contribution >= 0.6 is 23.1 Å². The molecule has 1 saturated heterocycles. The molecule has 2 bridgehead atoms. The number of H-pyrrole nitrogens is 1. The Kier molecular flexibility index (Phi) is 7.63. The molecule has 3 aromatic carbocycles. The van der Waals surface area contributed by atoms with Crippen LogP contribution in [0.25, 0.3) is 0 Å². The molecule has 2 aliphatic heterocycles. The van der Waals surface area contributed by atoms with E-state index in [4.69, 9.17) is 9.47 Å². The molecule has 4 aromatic rings. The minimum absolute atomic E-state index is 0.185. The molecule has 0 spiro atoms. The van der Waals surface area contributed by atoms with Gasteiger partial charge in [-0.3, -0.25) is 19.2 Å². The molecule has 9 nitrogen and oxygen atoms in total. The maximum atomic E-state index is 14.1. The lowest BCUT2D eigenvalue weighted by molar-refractivity contribution is -0.137. The number of halogens is 3. The van der Waals surface area contributed by atoms with Crippen LogP contribution in [0.5, 0.6) is 11.5 Å². The quantitative estimate of drug-likeness (QED) is 0.221. The second kappa shape index (κ2) is 11.8. The molecule has 8 rings (SSSR count). The van der Waals surface area contributed by atoms with Gasteiger partial charge < -0.3 is 19.8 Å². The predicted molar refractivity (Wildman–Crippen MR) is 176 cm³/mol. The summed E-state index contributed by atoms with van der Waals surface area (Å²) in [5.74, 6) is -3.32. The van der Waals surface area contributed by atoms with Gasteiger partial charge in [-0.25, -0.2) is 4.90 Å². The molecule has 7 atom stereocenters. The van der Waals surface area contributed by atoms with Gasteiger partial charge >= 0.3 is 11.0 Å². The van der Waals surface area contributed by atoms with Crippen molar-refractivity contribution in [2.45, 2.75) is 28.8 Å². The fourth-order valence-electron chi connectivity index (χ4n) is 8.39. The molecule has 0 unspecified atom stereocenters. The van der Waals surface area contributed by atoms with Crippen molar-refractivity contribution in [1.82, 2.24) is 4.98 Å². The van der Waals surface area contributed by atoms with E-state index in [-0.39, 0.29) is 40.4 Å². The first kappa shape index (κ1) is 31.7. The van der Waals surface area contributed by atoms with Crippen molar-refractivity contribution in [1.29, 1.82) is 0 Å². The van der Waals surface area contributed by atoms with Crippen molar-refractivity contribution in [3.8, 4) is 11.5 Å². The highest BCUT2D eigenvalue weighted by Crippen LogP contribution is 2.69. The fraction of sp³-hybridized carbons (Fsp3) is 0.314. The summed E-state index contributed by atoms with van der Waals surface area (Å²) in [5, 5.41) is 3.28. The Hall–Kier alpha value is -4.56. The van der Waals surface area contributed by atoms with Crippen LogP contribution in [0.1, 0.15) is 28.3 Å². The Labute approximate surface area is 285 Å². The molecule has 3 fully saturated rings. The number of alkyl halides is 3. The third kappa shape index (κ3) is 5.14. The topological polar surface area (TPSA) is 118 Å². The molecule has 252 valence electrons. The molecule has 3 heterocycles. The van der Waals surface area contributed by atoms with Crippen LogP contribution in [-0.2, 0) is 20.6 Å². The summed E-state index contributed by atoms with van der Waals surface area (Å²) >= 11 is 2.55. The number of aromatic amines is 1. The highest BCUT2D eigenvalue weighted by atomic mass is 32.2. The number of methoxy groups -OCH3 is 1. The minimum atomic E-state index is -4.75. The lowest BCUT2D eigenvalue weighted by atomic mass is 9.68. The standard InChI is InChI=1S/C35H28F3N3O6S2/c1-46-17-12-10-16(11-13-17)39-24(42)15-47-23-9-5-2-6-18(23)25-26-19-14-20(29(26)48-31-30(25)49-34(45)40-31)28-27(19)32(43)41(33(28)44)22-8-4-3-7-21(22)35(36,37)38/h2-13,19-20,25-29H,14-15H2,1H3,(H,39,42)(H,40,45)/t19-,20-,25+,26-,27+,28+,29-/m1/s1. The highest BCUT2D eigenvalue weighted by Gasteiger charge is 2.70. The van der Waals surface area contributed by atoms with Crippen molar-refractivity contribution in [2.75, 3.05) is 23.9 Å². The van der Waals surface area contributed by atoms with Crippen molar-refractivity contribution in [2.24, 2.45) is 29.6 Å². The third-order valence-corrected chi connectivity index (χ3v) is 12.7. The summed E-state index contributed by atoms with van der Waals surface area (Å²) in [6, 6.07) is 18.8. The number of amides is 3. The highest BCUT2D eigenvalue weighted by molar-refractivity contribution is 8.00. The van der Waals surface area contributed by atoms with E-state index in [0.717, 1.165) is 32.7 Å². The zero-order chi connectivity index (χ0) is 34.2. The molecule has 49 heavy (non-hydrogen) atoms. The number of carbonyl (C=O) groups is 3. The fourth-order valence-corrected chi connectivity index (χ4v) is 11.3. The van der Waals surface area contributed by atoms with Crippen LogP contribution in [0.4, 0.5) is 24.5 Å². The van der Waals surface area contributed by atoms with Crippen LogP contribution in [-0.4, -0.2) is 41.7 Å². The molecular weight excluding hydrogens is 680 g/mol. The molecular formula is C35H28F3N3O6S2. The van der Waals surface area contributed by atoms with E-state index in [1.807, 2.05) is 12.1 Å². The second-order valence-corrected chi connectivity index (χ2v) is 14.8. The maximum absolute atomic E-state index is 14.1. The van der Waals surface area contributed by atoms with E-state index in [9.17, 15) is 32.3 Å². The number of rotatable bonds is 7. The Morgan fingerprint density at radius 1 is 0.959 bits per heavy atom. The summed E-state index contributed by atoms with van der Waals surface area (Å²) < 4.78 is 53.3. The van der Waals surface area contributed by atoms with Gasteiger partial charge in [0.15, 0.2) is 6.61 Å². The predicted octanol–water partition coefficient (Wildman–Crippen LogP) is 6.16. The number of thioether (sulfide) groups is 1. The summed E-state index contributed by atoms with van der Waals surface area (Å²) in [5.41, 5.74) is -0.181. The minimum Gasteiger partial charge on any atom is -0.497 e. The van der Waals surface area contributed by atoms with E-state index < -0.39 is 47.0 Å². The molecule has 2 aliphatic carbocycles. The van der Waals surface area contributed by atoms with Gasteiger partial charge in [0.1, 0.15) is 11.5 Å². The van der Waals surface area contributed by atoms with Gasteiger partial charge in [-0.1, -0.05) is 41.7 Å². The second-order valence-electron chi connectivity index (χ2n) is 12.6. The van der Waals surface area contributed by atoms with Crippen molar-refractivity contribution < 1.29 is 37.0 Å². The normalized spacial score (nSPS) is 26.7. The number of fused-ring (bicyclic) bond motifs is 9. The van der Waals surface area contributed by atoms with E-state index in [0.29, 0.717) is 28.6 Å². The molecule has 2 N–H and O–H groups in total. The lowest BCUT2D eigenvalue weighted by Gasteiger charge is -2.43. The summed E-state index contributed by atoms with van der Waals surface area (Å²) in [4.78, 5) is 57.8. The molecule has 2 saturated carbocycles. The SMILES string of the molecule is COc1ccc(NC(=O)COc2ccccc2[C@@H]2c3sc(=O)[nH]c3S[C@@H]3[C@@H]4C[C@@H]([C@@H]5C(=O)N(c6ccccc6C(F)(F)F)C(=O)[C@@H]45)[C@H]23)cc1. The average molecular weight is 708 g/mol. The van der Waals surface area contributed by atoms with Crippen LogP contribution in [0, 0.1) is 29.6 Å². The number of hydrogen-bond donors (Lipinski definition) is 2. The monoisotopic (exact) mass is 707 g/mol. The number of benzene rings is 3. The lowest BCUT2D eigenvalue weighted by Crippen LogP contribution is -2.42. The van der Waals surface area contributed by atoms with Gasteiger partial charge in [-0.2, -0.15) is 13.2 Å². The number of ether oxygens (including phenoxy) is 2. The van der Waals surface area contributed by atoms with Gasteiger partial charge in [0.25, 0.3) is 5.91 Å². The van der Waals surface area contributed by atoms with Crippen LogP contribution in [0.15, 0.2) is 82.6 Å². The van der Waals surface area contributed by atoms with Gasteiger partial charge in [-0.15, -0.1) is 11.8 Å². The molecule has 1 aromatic heterocycles. The Morgan fingerprint density at radius 2 is 1.65 bits per heavy atom. The summed E-state index contributed by atoms with van der Waals surface area (Å²) in [7, 11) is 1.55. The molecule has 14 heteroatoms. The van der Waals surface area contributed by atoms with E-state index in [1.54, 1.807) is 43.5 Å². The van der Waals surface area contributed by atoms with Gasteiger partial charge in [0.2, 0.25) is 11.8 Å². The van der Waals surface area contributed by atoms with Gasteiger partial charge in [0.05, 0.1) is 35.2 Å². The molecule has 0 radical (unpaired) electrons. The van der Waals surface area contributed by atoms with Gasteiger partial charge in [-0.05, 0) is 66.6 Å². The maximum Gasteiger partial charge on any atom is 0.418 e. The first-order chi connectivity index (χ1) is 23.5. The average Bonchev–Trinajstić information content (AvgIpc) is 3.82. The number of aromatic nitrogens is 1. The first-order valence-corrected chi connectivity index (χ1v) is 17.3. The van der Waals surface area contributed by atoms with Crippen LogP contribution in [0.3, 0.4) is 0 Å². The molecule has 4 aliphatic rings. The Morgan fingerprint density at radius 3 is 2.39 bits per heavy atom. The van der Waals surface area contributed by atoms with E-state index in [1.165, 1.54) is 30.0 Å². The van der Waals surface area contributed by atoms with Crippen molar-refractivity contribution in [3.63, 3.8) is 0 Å². The number of carbonyl (C=O) groups excluding carboxylic acids is 3. The van der Waals surface area contributed by atoms with E-state index >= 15 is 0 Å².